The van der Waals surface area contributed by atoms with Gasteiger partial charge in [0.05, 0.1) is 0 Å². The van der Waals surface area contributed by atoms with Gasteiger partial charge in [-0.2, -0.15) is 0 Å². The minimum atomic E-state index is -0.254. The third-order valence-electron chi connectivity index (χ3n) is 3.11. The fourth-order valence-electron chi connectivity index (χ4n) is 1.91. The number of thioether (sulfide) groups is 1. The summed E-state index contributed by atoms with van der Waals surface area (Å²) in [5.41, 5.74) is 6.04. The SMILES string of the molecule is NC(=O)CCCCCCSC(=O)CCc1ccc(F)cc1. The van der Waals surface area contributed by atoms with Gasteiger partial charge in [-0.1, -0.05) is 36.7 Å². The third-order valence-corrected chi connectivity index (χ3v) is 4.13. The van der Waals surface area contributed by atoms with Crippen molar-refractivity contribution in [1.29, 1.82) is 0 Å². The van der Waals surface area contributed by atoms with Gasteiger partial charge in [0.25, 0.3) is 0 Å². The predicted octanol–water partition coefficient (Wildman–Crippen LogP) is 3.45. The Labute approximate surface area is 129 Å². The van der Waals surface area contributed by atoms with Crippen molar-refractivity contribution in [3.63, 3.8) is 0 Å². The summed E-state index contributed by atoms with van der Waals surface area (Å²) in [6, 6.07) is 6.26. The van der Waals surface area contributed by atoms with Crippen LogP contribution in [0, 0.1) is 5.82 Å². The van der Waals surface area contributed by atoms with Gasteiger partial charge >= 0.3 is 0 Å². The van der Waals surface area contributed by atoms with E-state index in [-0.39, 0.29) is 16.8 Å². The Hall–Kier alpha value is -1.36. The number of hydrogen-bond acceptors (Lipinski definition) is 3. The van der Waals surface area contributed by atoms with Crippen molar-refractivity contribution in [2.24, 2.45) is 5.73 Å². The second kappa shape index (κ2) is 10.4. The van der Waals surface area contributed by atoms with Crippen molar-refractivity contribution in [2.75, 3.05) is 5.75 Å². The van der Waals surface area contributed by atoms with Crippen LogP contribution in [0.1, 0.15) is 44.1 Å². The smallest absolute Gasteiger partial charge is 0.217 e. The first-order valence-electron chi connectivity index (χ1n) is 7.26. The first kappa shape index (κ1) is 17.7. The fourth-order valence-corrected chi connectivity index (χ4v) is 2.73. The van der Waals surface area contributed by atoms with E-state index in [9.17, 15) is 14.0 Å². The van der Waals surface area contributed by atoms with Crippen molar-refractivity contribution in [2.45, 2.75) is 44.9 Å². The van der Waals surface area contributed by atoms with Crippen LogP contribution in [0.15, 0.2) is 24.3 Å². The topological polar surface area (TPSA) is 60.2 Å². The van der Waals surface area contributed by atoms with E-state index < -0.39 is 0 Å². The maximum atomic E-state index is 12.7. The van der Waals surface area contributed by atoms with Gasteiger partial charge in [0.15, 0.2) is 5.12 Å². The van der Waals surface area contributed by atoms with Crippen LogP contribution in [0.2, 0.25) is 0 Å². The summed E-state index contributed by atoms with van der Waals surface area (Å²) >= 11 is 1.36. The lowest BCUT2D eigenvalue weighted by atomic mass is 10.1. The number of primary amides is 1. The number of rotatable bonds is 10. The highest BCUT2D eigenvalue weighted by Crippen LogP contribution is 2.14. The number of carbonyl (C=O) groups is 2. The van der Waals surface area contributed by atoms with Crippen LogP contribution in [0.5, 0.6) is 0 Å². The monoisotopic (exact) mass is 311 g/mol. The van der Waals surface area contributed by atoms with Gasteiger partial charge in [0, 0.05) is 18.6 Å². The predicted molar refractivity (Wildman–Crippen MR) is 84.5 cm³/mol. The maximum absolute atomic E-state index is 12.7. The first-order valence-corrected chi connectivity index (χ1v) is 8.25. The van der Waals surface area contributed by atoms with E-state index in [1.165, 1.54) is 23.9 Å². The van der Waals surface area contributed by atoms with E-state index in [0.29, 0.717) is 19.3 Å². The molecule has 1 rings (SSSR count). The van der Waals surface area contributed by atoms with Gasteiger partial charge < -0.3 is 5.73 Å². The second-order valence-corrected chi connectivity index (χ2v) is 6.13. The molecule has 0 radical (unpaired) electrons. The average molecular weight is 311 g/mol. The van der Waals surface area contributed by atoms with Crippen molar-refractivity contribution in [1.82, 2.24) is 0 Å². The van der Waals surface area contributed by atoms with Crippen molar-refractivity contribution >= 4 is 22.8 Å². The Bertz CT molecular complexity index is 448. The quantitative estimate of drug-likeness (QED) is 0.673. The lowest BCUT2D eigenvalue weighted by Crippen LogP contribution is -2.09. The van der Waals surface area contributed by atoms with E-state index in [2.05, 4.69) is 0 Å². The van der Waals surface area contributed by atoms with Crippen molar-refractivity contribution < 1.29 is 14.0 Å². The van der Waals surface area contributed by atoms with Crippen LogP contribution >= 0.6 is 11.8 Å². The summed E-state index contributed by atoms with van der Waals surface area (Å²) in [7, 11) is 0. The summed E-state index contributed by atoms with van der Waals surface area (Å²) in [5.74, 6) is 0.315. The minimum Gasteiger partial charge on any atom is -0.370 e. The van der Waals surface area contributed by atoms with E-state index in [0.717, 1.165) is 37.0 Å². The van der Waals surface area contributed by atoms with Gasteiger partial charge in [-0.25, -0.2) is 4.39 Å². The molecule has 5 heteroatoms. The lowest BCUT2D eigenvalue weighted by molar-refractivity contribution is -0.118. The highest BCUT2D eigenvalue weighted by atomic mass is 32.2. The number of hydrogen-bond donors (Lipinski definition) is 1. The number of amides is 1. The van der Waals surface area contributed by atoms with Crippen LogP contribution in [-0.4, -0.2) is 16.8 Å². The van der Waals surface area contributed by atoms with E-state index in [1.807, 2.05) is 0 Å². The fraction of sp³-hybridized carbons (Fsp3) is 0.500. The number of aryl methyl sites for hydroxylation is 1. The second-order valence-electron chi connectivity index (χ2n) is 4.98. The molecule has 0 aliphatic rings. The molecule has 0 saturated carbocycles. The molecule has 3 nitrogen and oxygen atoms in total. The molecule has 1 aromatic rings. The number of unbranched alkanes of at least 4 members (excludes halogenated alkanes) is 3. The van der Waals surface area contributed by atoms with Gasteiger partial charge in [-0.05, 0) is 37.0 Å². The molecule has 0 atom stereocenters. The van der Waals surface area contributed by atoms with Crippen molar-refractivity contribution in [3.05, 3.63) is 35.6 Å². The summed E-state index contributed by atoms with van der Waals surface area (Å²) in [6.45, 7) is 0. The molecule has 0 aliphatic heterocycles. The van der Waals surface area contributed by atoms with Crippen LogP contribution < -0.4 is 5.73 Å². The molecule has 1 aromatic carbocycles. The van der Waals surface area contributed by atoms with Crippen LogP contribution in [0.4, 0.5) is 4.39 Å². The Kier molecular flexibility index (Phi) is 8.74. The Balaban J connectivity index is 2.01. The maximum Gasteiger partial charge on any atom is 0.217 e. The van der Waals surface area contributed by atoms with Gasteiger partial charge in [-0.15, -0.1) is 0 Å². The lowest BCUT2D eigenvalue weighted by Gasteiger charge is -2.02. The molecule has 21 heavy (non-hydrogen) atoms. The Morgan fingerprint density at radius 2 is 1.67 bits per heavy atom. The zero-order chi connectivity index (χ0) is 15.5. The molecular formula is C16H22FNO2S. The van der Waals surface area contributed by atoms with E-state index in [1.54, 1.807) is 12.1 Å². The Morgan fingerprint density at radius 1 is 1.00 bits per heavy atom. The molecule has 0 bridgehead atoms. The summed E-state index contributed by atoms with van der Waals surface area (Å²) in [6.07, 6.45) is 5.40. The first-order chi connectivity index (χ1) is 10.1. The number of halogens is 1. The Morgan fingerprint density at radius 3 is 2.33 bits per heavy atom. The summed E-state index contributed by atoms with van der Waals surface area (Å²) in [5, 5.41) is 0.177. The summed E-state index contributed by atoms with van der Waals surface area (Å²) in [4.78, 5) is 22.2. The molecule has 0 saturated heterocycles. The molecule has 0 aromatic heterocycles. The highest BCUT2D eigenvalue weighted by molar-refractivity contribution is 8.13. The summed E-state index contributed by atoms with van der Waals surface area (Å²) < 4.78 is 12.7. The molecule has 1 amide bonds. The number of benzene rings is 1. The van der Waals surface area contributed by atoms with Gasteiger partial charge in [0.1, 0.15) is 5.82 Å². The molecular weight excluding hydrogens is 289 g/mol. The molecule has 116 valence electrons. The molecule has 2 N–H and O–H groups in total. The van der Waals surface area contributed by atoms with Gasteiger partial charge in [-0.3, -0.25) is 9.59 Å². The molecule has 0 fully saturated rings. The molecule has 0 spiro atoms. The molecule has 0 unspecified atom stereocenters. The van der Waals surface area contributed by atoms with Crippen LogP contribution in [-0.2, 0) is 16.0 Å². The number of carbonyl (C=O) groups excluding carboxylic acids is 2. The van der Waals surface area contributed by atoms with Crippen LogP contribution in [0.3, 0.4) is 0 Å². The number of nitrogens with two attached hydrogens (primary N) is 1. The van der Waals surface area contributed by atoms with Gasteiger partial charge in [0.2, 0.25) is 5.91 Å². The zero-order valence-electron chi connectivity index (χ0n) is 12.1. The highest BCUT2D eigenvalue weighted by Gasteiger charge is 2.04. The minimum absolute atomic E-state index is 0.177. The third kappa shape index (κ3) is 9.24. The zero-order valence-corrected chi connectivity index (χ0v) is 13.0. The largest absolute Gasteiger partial charge is 0.370 e. The van der Waals surface area contributed by atoms with Crippen molar-refractivity contribution in [3.8, 4) is 0 Å². The standard InChI is InChI=1S/C16H22FNO2S/c17-14-9-6-13(7-10-14)8-11-16(20)21-12-4-2-1-3-5-15(18)19/h6-7,9-10H,1-5,8,11-12H2,(H2,18,19). The van der Waals surface area contributed by atoms with E-state index in [4.69, 9.17) is 5.73 Å². The normalized spacial score (nSPS) is 10.5. The van der Waals surface area contributed by atoms with Crippen LogP contribution in [0.25, 0.3) is 0 Å². The molecule has 0 aliphatic carbocycles. The molecule has 0 heterocycles. The van der Waals surface area contributed by atoms with E-state index >= 15 is 0 Å². The average Bonchev–Trinajstić information content (AvgIpc) is 2.45.